The van der Waals surface area contributed by atoms with Crippen LogP contribution in [0.15, 0.2) is 188 Å². The van der Waals surface area contributed by atoms with E-state index in [4.69, 9.17) is 0 Å². The highest BCUT2D eigenvalue weighted by molar-refractivity contribution is 6.23. The Morgan fingerprint density at radius 3 is 0.981 bits per heavy atom. The van der Waals surface area contributed by atoms with Crippen LogP contribution in [0.1, 0.15) is 5.56 Å². The van der Waals surface area contributed by atoms with E-state index in [1.807, 2.05) is 42.5 Å². The lowest BCUT2D eigenvalue weighted by atomic mass is 9.85. The lowest BCUT2D eigenvalue weighted by Gasteiger charge is -2.19. The van der Waals surface area contributed by atoms with Gasteiger partial charge in [0, 0.05) is 0 Å². The Labute approximate surface area is 299 Å². The van der Waals surface area contributed by atoms with Gasteiger partial charge in [-0.15, -0.1) is 0 Å². The van der Waals surface area contributed by atoms with E-state index in [1.54, 1.807) is 12.1 Å². The predicted molar refractivity (Wildman–Crippen MR) is 214 cm³/mol. The van der Waals surface area contributed by atoms with Gasteiger partial charge in [-0.3, -0.25) is 0 Å². The van der Waals surface area contributed by atoms with Crippen LogP contribution in [0.25, 0.3) is 86.9 Å². The SMILES string of the molecule is FC(F)(F)c1ccc(-c2c3ccccc3c(-c3ccccc3)c3cc4ccccc4cc23)cc1.c1ccc2cc3cc4ccccc4cc3cc2c1. The number of alkyl halides is 3. The first-order valence-corrected chi connectivity index (χ1v) is 17.3. The monoisotopic (exact) mass is 676 g/mol. The summed E-state index contributed by atoms with van der Waals surface area (Å²) in [5.41, 5.74) is 3.32. The van der Waals surface area contributed by atoms with Gasteiger partial charge in [-0.2, -0.15) is 13.2 Å². The fraction of sp³-hybridized carbons (Fsp3) is 0.0204. The van der Waals surface area contributed by atoms with Gasteiger partial charge in [0.15, 0.2) is 0 Å². The average Bonchev–Trinajstić information content (AvgIpc) is 3.18. The average molecular weight is 677 g/mol. The third-order valence-corrected chi connectivity index (χ3v) is 10.0. The lowest BCUT2D eigenvalue weighted by molar-refractivity contribution is -0.137. The van der Waals surface area contributed by atoms with Crippen LogP contribution in [-0.2, 0) is 6.18 Å². The maximum Gasteiger partial charge on any atom is 0.416 e. The van der Waals surface area contributed by atoms with Crippen LogP contribution in [0, 0.1) is 0 Å². The number of rotatable bonds is 2. The molecular weight excluding hydrogens is 646 g/mol. The zero-order valence-electron chi connectivity index (χ0n) is 28.0. The van der Waals surface area contributed by atoms with Gasteiger partial charge in [-0.1, -0.05) is 140 Å². The Balaban J connectivity index is 0.000000167. The summed E-state index contributed by atoms with van der Waals surface area (Å²) in [6.07, 6.45) is -4.37. The van der Waals surface area contributed by atoms with Gasteiger partial charge in [0.2, 0.25) is 0 Å². The minimum Gasteiger partial charge on any atom is -0.166 e. The second-order valence-corrected chi connectivity index (χ2v) is 13.2. The van der Waals surface area contributed by atoms with Crippen LogP contribution in [0.3, 0.4) is 0 Å². The first kappa shape index (κ1) is 31.5. The molecule has 0 N–H and O–H groups in total. The van der Waals surface area contributed by atoms with Gasteiger partial charge < -0.3 is 0 Å². The van der Waals surface area contributed by atoms with Gasteiger partial charge in [0.25, 0.3) is 0 Å². The molecule has 0 aliphatic rings. The van der Waals surface area contributed by atoms with E-state index in [2.05, 4.69) is 121 Å². The number of fused-ring (bicyclic) bond motifs is 6. The van der Waals surface area contributed by atoms with Crippen molar-refractivity contribution in [2.45, 2.75) is 6.18 Å². The number of halogens is 3. The quantitative estimate of drug-likeness (QED) is 0.160. The van der Waals surface area contributed by atoms with E-state index < -0.39 is 11.7 Å². The number of hydrogen-bond acceptors (Lipinski definition) is 0. The van der Waals surface area contributed by atoms with Crippen molar-refractivity contribution in [2.24, 2.45) is 0 Å². The van der Waals surface area contributed by atoms with Crippen molar-refractivity contribution in [3.8, 4) is 22.3 Å². The number of benzene rings is 10. The third kappa shape index (κ3) is 5.71. The molecule has 10 aromatic rings. The van der Waals surface area contributed by atoms with Gasteiger partial charge in [0.05, 0.1) is 5.56 Å². The van der Waals surface area contributed by atoms with Crippen molar-refractivity contribution in [1.29, 1.82) is 0 Å². The largest absolute Gasteiger partial charge is 0.416 e. The van der Waals surface area contributed by atoms with Gasteiger partial charge in [-0.25, -0.2) is 0 Å². The molecule has 0 aromatic heterocycles. The summed E-state index contributed by atoms with van der Waals surface area (Å²) in [5, 5.41) is 14.3. The molecule has 248 valence electrons. The van der Waals surface area contributed by atoms with Gasteiger partial charge in [-0.05, 0) is 135 Å². The Bertz CT molecular complexity index is 2780. The highest BCUT2D eigenvalue weighted by atomic mass is 19.4. The molecule has 0 aliphatic carbocycles. The van der Waals surface area contributed by atoms with E-state index in [-0.39, 0.29) is 0 Å². The van der Waals surface area contributed by atoms with Crippen molar-refractivity contribution in [3.05, 3.63) is 194 Å². The minimum atomic E-state index is -4.37. The second kappa shape index (κ2) is 12.7. The summed E-state index contributed by atoms with van der Waals surface area (Å²) in [6.45, 7) is 0. The molecule has 52 heavy (non-hydrogen) atoms. The van der Waals surface area contributed by atoms with Crippen LogP contribution in [-0.4, -0.2) is 0 Å². The van der Waals surface area contributed by atoms with Crippen molar-refractivity contribution in [2.75, 3.05) is 0 Å². The maximum atomic E-state index is 13.2. The van der Waals surface area contributed by atoms with Crippen LogP contribution in [0.5, 0.6) is 0 Å². The summed E-state index contributed by atoms with van der Waals surface area (Å²) in [7, 11) is 0. The molecule has 0 unspecified atom stereocenters. The van der Waals surface area contributed by atoms with Crippen molar-refractivity contribution < 1.29 is 13.2 Å². The number of hydrogen-bond donors (Lipinski definition) is 0. The third-order valence-electron chi connectivity index (χ3n) is 10.0. The fourth-order valence-electron chi connectivity index (χ4n) is 7.55. The Morgan fingerprint density at radius 2 is 0.596 bits per heavy atom. The molecule has 0 spiro atoms. The first-order valence-electron chi connectivity index (χ1n) is 17.3. The van der Waals surface area contributed by atoms with Gasteiger partial charge in [0.1, 0.15) is 0 Å². The topological polar surface area (TPSA) is 0 Å². The maximum absolute atomic E-state index is 13.2. The van der Waals surface area contributed by atoms with E-state index >= 15 is 0 Å². The molecule has 0 aliphatic heterocycles. The fourth-order valence-corrected chi connectivity index (χ4v) is 7.55. The zero-order chi connectivity index (χ0) is 35.2. The van der Waals surface area contributed by atoms with E-state index in [0.29, 0.717) is 0 Å². The molecular formula is C49H31F3. The molecule has 0 radical (unpaired) electrons. The summed E-state index contributed by atoms with van der Waals surface area (Å²) < 4.78 is 39.7. The second-order valence-electron chi connectivity index (χ2n) is 13.2. The molecule has 0 atom stereocenters. The molecule has 0 amide bonds. The van der Waals surface area contributed by atoms with E-state index in [9.17, 15) is 13.2 Å². The molecule has 10 aromatic carbocycles. The van der Waals surface area contributed by atoms with Crippen molar-refractivity contribution in [3.63, 3.8) is 0 Å². The van der Waals surface area contributed by atoms with Crippen LogP contribution < -0.4 is 0 Å². The van der Waals surface area contributed by atoms with Crippen molar-refractivity contribution >= 4 is 64.6 Å². The Kier molecular flexibility index (Phi) is 7.70. The standard InChI is InChI=1S/C31H19F3.C18H12/c32-31(33,34)24-16-14-21(15-17-24)30-26-13-7-6-12-25(26)29(20-8-2-1-3-9-20)27-18-22-10-4-5-11-23(22)19-28(27)30;1-2-6-14-10-18-12-16-8-4-3-7-15(16)11-17(18)9-13(14)5-1/h1-19H;1-12H. The van der Waals surface area contributed by atoms with E-state index in [1.165, 1.54) is 44.5 Å². The molecule has 0 heterocycles. The molecule has 0 saturated carbocycles. The zero-order valence-corrected chi connectivity index (χ0v) is 28.0. The van der Waals surface area contributed by atoms with Crippen LogP contribution in [0.4, 0.5) is 13.2 Å². The minimum absolute atomic E-state index is 0.642. The molecule has 0 saturated heterocycles. The van der Waals surface area contributed by atoms with Gasteiger partial charge >= 0.3 is 6.18 Å². The highest BCUT2D eigenvalue weighted by Crippen LogP contribution is 2.45. The molecule has 0 nitrogen and oxygen atoms in total. The smallest absolute Gasteiger partial charge is 0.166 e. The summed E-state index contributed by atoms with van der Waals surface area (Å²) >= 11 is 0. The highest BCUT2D eigenvalue weighted by Gasteiger charge is 2.30. The summed E-state index contributed by atoms with van der Waals surface area (Å²) in [4.78, 5) is 0. The lowest BCUT2D eigenvalue weighted by Crippen LogP contribution is -2.04. The van der Waals surface area contributed by atoms with Crippen LogP contribution >= 0.6 is 0 Å². The molecule has 0 bridgehead atoms. The summed E-state index contributed by atoms with van der Waals surface area (Å²) in [6, 6.07) is 62.6. The first-order chi connectivity index (χ1) is 25.4. The molecule has 0 fully saturated rings. The molecule has 3 heteroatoms. The van der Waals surface area contributed by atoms with Crippen molar-refractivity contribution in [1.82, 2.24) is 0 Å². The molecule has 10 rings (SSSR count). The van der Waals surface area contributed by atoms with Crippen LogP contribution in [0.2, 0.25) is 0 Å². The predicted octanol–water partition coefficient (Wildman–Crippen LogP) is 14.6. The van der Waals surface area contributed by atoms with E-state index in [0.717, 1.165) is 54.6 Å². The normalized spacial score (nSPS) is 11.8. The summed E-state index contributed by atoms with van der Waals surface area (Å²) in [5.74, 6) is 0. The Hall–Kier alpha value is -6.45. The Morgan fingerprint density at radius 1 is 0.269 bits per heavy atom.